The highest BCUT2D eigenvalue weighted by molar-refractivity contribution is 6.18. The Kier molecular flexibility index (Phi) is 19.6. The van der Waals surface area contributed by atoms with Crippen LogP contribution in [0.25, 0.3) is 0 Å². The summed E-state index contributed by atoms with van der Waals surface area (Å²) in [5, 5.41) is 37.1. The first-order chi connectivity index (χ1) is 32.2. The zero-order chi connectivity index (χ0) is 46.9. The van der Waals surface area contributed by atoms with Crippen molar-refractivity contribution in [3.63, 3.8) is 0 Å². The predicted octanol–water partition coefficient (Wildman–Crippen LogP) is 7.16. The van der Waals surface area contributed by atoms with E-state index in [2.05, 4.69) is 18.0 Å². The predicted molar refractivity (Wildman–Crippen MR) is 246 cm³/mol. The van der Waals surface area contributed by atoms with Gasteiger partial charge in [0.1, 0.15) is 35.6 Å². The number of anilines is 1. The van der Waals surface area contributed by atoms with Crippen molar-refractivity contribution in [2.45, 2.75) is 88.2 Å². The van der Waals surface area contributed by atoms with Gasteiger partial charge in [-0.15, -0.1) is 18.2 Å². The van der Waals surface area contributed by atoms with Crippen molar-refractivity contribution in [1.82, 2.24) is 4.90 Å². The minimum Gasteiger partial charge on any atom is -0.497 e. The molecule has 0 bridgehead atoms. The number of carbonyl (C=O) groups is 2. The SMILES string of the molecule is C=CCOC12Oc3ccc(OC(=O)Nc4ccc(OC)cc4OC)cc3C3C(CCCCO)C(CCCCO)C=C(C(=NOC4CCCCO4)CC1N(CCOCCO)C(=O)OCCCl)C32. The van der Waals surface area contributed by atoms with E-state index in [1.165, 1.54) is 19.1 Å². The van der Waals surface area contributed by atoms with Gasteiger partial charge < -0.3 is 58.1 Å². The Morgan fingerprint density at radius 1 is 0.985 bits per heavy atom. The second-order valence-corrected chi connectivity index (χ2v) is 17.0. The summed E-state index contributed by atoms with van der Waals surface area (Å²) in [6.45, 7) is 4.51. The van der Waals surface area contributed by atoms with Gasteiger partial charge in [0, 0.05) is 50.1 Å². The number of ether oxygens (including phenoxy) is 8. The topological polar surface area (TPSA) is 206 Å². The maximum absolute atomic E-state index is 14.3. The third-order valence-electron chi connectivity index (χ3n) is 12.5. The molecule has 7 unspecified atom stereocenters. The van der Waals surface area contributed by atoms with Gasteiger partial charge in [0.05, 0.1) is 70.5 Å². The fourth-order valence-corrected chi connectivity index (χ4v) is 9.76. The van der Waals surface area contributed by atoms with Crippen LogP contribution in [0, 0.1) is 17.8 Å². The van der Waals surface area contributed by atoms with Crippen molar-refractivity contribution < 1.29 is 67.6 Å². The Hall–Kier alpha value is -4.62. The number of allylic oxidation sites excluding steroid dienone is 1. The van der Waals surface area contributed by atoms with E-state index >= 15 is 0 Å². The van der Waals surface area contributed by atoms with Crippen molar-refractivity contribution in [3.8, 4) is 23.0 Å². The summed E-state index contributed by atoms with van der Waals surface area (Å²) in [6.07, 6.45) is 8.53. The normalized spacial score (nSPS) is 24.8. The number of hydrogen-bond acceptors (Lipinski definition) is 15. The second-order valence-electron chi connectivity index (χ2n) is 16.6. The minimum absolute atomic E-state index is 0.0203. The Bertz CT molecular complexity index is 1960. The summed E-state index contributed by atoms with van der Waals surface area (Å²) in [6, 6.07) is 9.30. The fraction of sp³-hybridized carbons (Fsp3) is 0.604. The summed E-state index contributed by atoms with van der Waals surface area (Å²) in [5.74, 6) is -1.10. The molecule has 2 aromatic carbocycles. The molecular formula is C48H66ClN3O14. The lowest BCUT2D eigenvalue weighted by Crippen LogP contribution is -2.70. The van der Waals surface area contributed by atoms with Crippen LogP contribution in [0.3, 0.4) is 0 Å². The van der Waals surface area contributed by atoms with E-state index in [-0.39, 0.29) is 82.7 Å². The molecule has 2 heterocycles. The van der Waals surface area contributed by atoms with Crippen LogP contribution in [-0.2, 0) is 23.8 Å². The van der Waals surface area contributed by atoms with Gasteiger partial charge in [-0.25, -0.2) is 9.59 Å². The first kappa shape index (κ1) is 50.8. The van der Waals surface area contributed by atoms with Crippen LogP contribution in [0.2, 0.25) is 0 Å². The molecule has 2 aliphatic carbocycles. The largest absolute Gasteiger partial charge is 0.497 e. The van der Waals surface area contributed by atoms with Crippen molar-refractivity contribution in [2.24, 2.45) is 22.9 Å². The Labute approximate surface area is 391 Å². The Morgan fingerprint density at radius 2 is 1.79 bits per heavy atom. The molecule has 2 amide bonds. The lowest BCUT2D eigenvalue weighted by molar-refractivity contribution is -0.256. The van der Waals surface area contributed by atoms with E-state index < -0.39 is 42.1 Å². The molecule has 4 N–H and O–H groups in total. The molecular weight excluding hydrogens is 878 g/mol. The molecule has 0 aromatic heterocycles. The summed E-state index contributed by atoms with van der Waals surface area (Å²) in [5.41, 5.74) is 2.51. The smallest absolute Gasteiger partial charge is 0.417 e. The third kappa shape index (κ3) is 12.3. The minimum atomic E-state index is -1.59. The number of fused-ring (bicyclic) bond motifs is 2. The number of nitrogens with zero attached hydrogens (tertiary/aromatic N) is 2. The monoisotopic (exact) mass is 943 g/mol. The molecule has 7 atom stereocenters. The molecule has 66 heavy (non-hydrogen) atoms. The van der Waals surface area contributed by atoms with E-state index in [4.69, 9.17) is 59.5 Å². The molecule has 6 rings (SSSR count). The molecule has 0 spiro atoms. The molecule has 1 saturated heterocycles. The lowest BCUT2D eigenvalue weighted by atomic mass is 9.55. The molecule has 4 aliphatic rings. The van der Waals surface area contributed by atoms with Gasteiger partial charge in [-0.05, 0) is 86.3 Å². The number of rotatable bonds is 25. The average molecular weight is 945 g/mol. The average Bonchev–Trinajstić information content (AvgIpc) is 3.33. The summed E-state index contributed by atoms with van der Waals surface area (Å²) >= 11 is 6.05. The maximum atomic E-state index is 14.3. The quantitative estimate of drug-likeness (QED) is 0.0338. The lowest BCUT2D eigenvalue weighted by Gasteiger charge is -2.59. The van der Waals surface area contributed by atoms with Crippen LogP contribution in [0.1, 0.15) is 75.7 Å². The number of benzene rings is 2. The van der Waals surface area contributed by atoms with E-state index in [1.807, 2.05) is 6.07 Å². The number of aliphatic hydroxyl groups is 3. The summed E-state index contributed by atoms with van der Waals surface area (Å²) < 4.78 is 48.4. The fourth-order valence-electron chi connectivity index (χ4n) is 9.69. The summed E-state index contributed by atoms with van der Waals surface area (Å²) in [4.78, 5) is 35.7. The Morgan fingerprint density at radius 3 is 2.50 bits per heavy atom. The number of hydrogen-bond donors (Lipinski definition) is 4. The molecule has 2 fully saturated rings. The molecule has 18 heteroatoms. The van der Waals surface area contributed by atoms with Crippen LogP contribution in [-0.4, -0.2) is 136 Å². The highest BCUT2D eigenvalue weighted by Crippen LogP contribution is 2.62. The Balaban J connectivity index is 1.53. The van der Waals surface area contributed by atoms with E-state index in [0.717, 1.165) is 36.8 Å². The van der Waals surface area contributed by atoms with Gasteiger partial charge in [-0.3, -0.25) is 10.2 Å². The summed E-state index contributed by atoms with van der Waals surface area (Å²) in [7, 11) is 3.03. The molecule has 1 saturated carbocycles. The van der Waals surface area contributed by atoms with E-state index in [1.54, 1.807) is 36.4 Å². The molecule has 364 valence electrons. The molecule has 0 radical (unpaired) electrons. The number of carbonyl (C=O) groups excluding carboxylic acids is 2. The van der Waals surface area contributed by atoms with Crippen molar-refractivity contribution in [3.05, 3.63) is 66.3 Å². The number of halogens is 1. The number of aliphatic hydroxyl groups excluding tert-OH is 3. The number of amides is 2. The number of methoxy groups -OCH3 is 2. The molecule has 17 nitrogen and oxygen atoms in total. The van der Waals surface area contributed by atoms with Crippen molar-refractivity contribution in [1.29, 1.82) is 0 Å². The first-order valence-corrected chi connectivity index (χ1v) is 23.5. The van der Waals surface area contributed by atoms with Crippen LogP contribution in [0.15, 0.2) is 65.9 Å². The van der Waals surface area contributed by atoms with Crippen LogP contribution >= 0.6 is 11.6 Å². The van der Waals surface area contributed by atoms with Gasteiger partial charge in [0.2, 0.25) is 12.1 Å². The van der Waals surface area contributed by atoms with Crippen LogP contribution in [0.5, 0.6) is 23.0 Å². The number of nitrogens with one attached hydrogen (secondary N) is 1. The number of oxime groups is 1. The molecule has 2 aliphatic heterocycles. The highest BCUT2D eigenvalue weighted by Gasteiger charge is 2.65. The maximum Gasteiger partial charge on any atom is 0.417 e. The highest BCUT2D eigenvalue weighted by atomic mass is 35.5. The third-order valence-corrected chi connectivity index (χ3v) is 12.7. The van der Waals surface area contributed by atoms with Crippen molar-refractivity contribution >= 4 is 35.2 Å². The number of alkyl halides is 1. The van der Waals surface area contributed by atoms with E-state index in [9.17, 15) is 24.9 Å². The second kappa shape index (κ2) is 25.5. The van der Waals surface area contributed by atoms with Crippen LogP contribution < -0.4 is 24.3 Å². The number of unbranched alkanes of at least 4 members (excludes halogenated alkanes) is 2. The zero-order valence-corrected chi connectivity index (χ0v) is 38.8. The van der Waals surface area contributed by atoms with Crippen molar-refractivity contribution in [2.75, 3.05) is 84.8 Å². The van der Waals surface area contributed by atoms with Crippen LogP contribution in [0.4, 0.5) is 15.3 Å². The van der Waals surface area contributed by atoms with Gasteiger partial charge in [-0.1, -0.05) is 30.1 Å². The molecule has 2 aromatic rings. The van der Waals surface area contributed by atoms with Gasteiger partial charge >= 0.3 is 12.2 Å². The van der Waals surface area contributed by atoms with Gasteiger partial charge in [0.15, 0.2) is 0 Å². The van der Waals surface area contributed by atoms with Gasteiger partial charge in [-0.2, -0.15) is 0 Å². The van der Waals surface area contributed by atoms with E-state index in [0.29, 0.717) is 67.4 Å². The standard InChI is InChI=1S/C48H66ClN3O14/c1-4-23-63-48-42(52(19-26-60-27-22-55)47(57)62-25-18-49)31-39(51-66-43-13-7-10-24-61-43)36-28-32(11-5-8-20-53)35(12-6-9-21-54)44(45(36)48)37-29-34(15-17-40(37)65-48)64-46(56)50-38-16-14-33(58-2)30-41(38)59-3/h4,14-17,28-30,32,35,42-45,53-55H,1,5-13,18-27,31H2,2-3H3,(H,50,56). The zero-order valence-electron chi connectivity index (χ0n) is 38.0. The van der Waals surface area contributed by atoms with Gasteiger partial charge in [0.25, 0.3) is 0 Å². The first-order valence-electron chi connectivity index (χ1n) is 23.0.